The summed E-state index contributed by atoms with van der Waals surface area (Å²) in [6.07, 6.45) is 0. The van der Waals surface area contributed by atoms with Crippen molar-refractivity contribution in [3.8, 4) is 5.75 Å². The molecule has 3 rings (SSSR count). The molecule has 0 radical (unpaired) electrons. The number of nitrogens with one attached hydrogen (secondary N) is 2. The third kappa shape index (κ3) is 4.50. The summed E-state index contributed by atoms with van der Waals surface area (Å²) in [7, 11) is 1.54. The van der Waals surface area contributed by atoms with Crippen LogP contribution in [-0.2, 0) is 0 Å². The minimum absolute atomic E-state index is 0.262. The van der Waals surface area contributed by atoms with Gasteiger partial charge in [-0.25, -0.2) is 0 Å². The molecule has 6 heteroatoms. The molecule has 0 aromatic heterocycles. The van der Waals surface area contributed by atoms with Crippen molar-refractivity contribution in [3.05, 3.63) is 88.4 Å². The quantitative estimate of drug-likeness (QED) is 0.628. The molecule has 0 aliphatic heterocycles. The van der Waals surface area contributed by atoms with Gasteiger partial charge in [-0.15, -0.1) is 0 Å². The van der Waals surface area contributed by atoms with Crippen LogP contribution in [0.5, 0.6) is 5.75 Å². The molecule has 0 saturated heterocycles. The molecule has 0 unspecified atom stereocenters. The van der Waals surface area contributed by atoms with Gasteiger partial charge < -0.3 is 15.4 Å². The van der Waals surface area contributed by atoms with Crippen LogP contribution in [0.1, 0.15) is 26.3 Å². The van der Waals surface area contributed by atoms with Crippen LogP contribution in [0.2, 0.25) is 5.02 Å². The first-order valence-corrected chi connectivity index (χ1v) is 8.97. The Morgan fingerprint density at radius 2 is 1.39 bits per heavy atom. The van der Waals surface area contributed by atoms with Crippen molar-refractivity contribution >= 4 is 34.8 Å². The van der Waals surface area contributed by atoms with Crippen LogP contribution < -0.4 is 15.4 Å². The van der Waals surface area contributed by atoms with Crippen LogP contribution >= 0.6 is 11.6 Å². The molecule has 5 nitrogen and oxygen atoms in total. The number of methoxy groups -OCH3 is 1. The molecule has 3 aromatic carbocycles. The zero-order valence-corrected chi connectivity index (χ0v) is 16.2. The lowest BCUT2D eigenvalue weighted by Crippen LogP contribution is -2.15. The highest BCUT2D eigenvalue weighted by Gasteiger charge is 2.12. The molecule has 142 valence electrons. The van der Waals surface area contributed by atoms with E-state index in [-0.39, 0.29) is 11.8 Å². The summed E-state index contributed by atoms with van der Waals surface area (Å²) in [4.78, 5) is 24.9. The van der Waals surface area contributed by atoms with Gasteiger partial charge in [-0.1, -0.05) is 23.7 Å². The Morgan fingerprint density at radius 3 is 1.96 bits per heavy atom. The number of benzene rings is 3. The van der Waals surface area contributed by atoms with E-state index in [2.05, 4.69) is 10.6 Å². The lowest BCUT2D eigenvalue weighted by Gasteiger charge is -2.11. The summed E-state index contributed by atoms with van der Waals surface area (Å²) in [6.45, 7) is 1.87. The molecule has 3 aromatic rings. The Bertz CT molecular complexity index is 1020. The molecule has 28 heavy (non-hydrogen) atoms. The second-order valence-corrected chi connectivity index (χ2v) is 6.58. The third-order valence-electron chi connectivity index (χ3n) is 4.20. The maximum Gasteiger partial charge on any atom is 0.255 e. The fourth-order valence-corrected chi connectivity index (χ4v) is 2.90. The molecule has 0 atom stereocenters. The second kappa shape index (κ2) is 8.59. The van der Waals surface area contributed by atoms with Gasteiger partial charge in [0.1, 0.15) is 5.75 Å². The van der Waals surface area contributed by atoms with Crippen LogP contribution in [0.25, 0.3) is 0 Å². The summed E-state index contributed by atoms with van der Waals surface area (Å²) >= 11 is 5.94. The van der Waals surface area contributed by atoms with Crippen molar-refractivity contribution < 1.29 is 14.3 Å². The van der Waals surface area contributed by atoms with Gasteiger partial charge in [0, 0.05) is 21.8 Å². The minimum atomic E-state index is -0.287. The number of rotatable bonds is 5. The van der Waals surface area contributed by atoms with Gasteiger partial charge in [-0.05, 0) is 67.1 Å². The highest BCUT2D eigenvalue weighted by Crippen LogP contribution is 2.24. The number of anilines is 2. The number of halogens is 1. The highest BCUT2D eigenvalue weighted by atomic mass is 35.5. The summed E-state index contributed by atoms with van der Waals surface area (Å²) in [5, 5.41) is 6.26. The molecule has 0 aliphatic carbocycles. The number of aryl methyl sites for hydroxylation is 1. The van der Waals surface area contributed by atoms with Crippen molar-refractivity contribution in [2.75, 3.05) is 17.7 Å². The normalized spacial score (nSPS) is 10.2. The number of carbonyl (C=O) groups excluding carboxylic acids is 2. The Labute approximate surface area is 168 Å². The fourth-order valence-electron chi connectivity index (χ4n) is 2.68. The van der Waals surface area contributed by atoms with Crippen LogP contribution in [0.15, 0.2) is 66.7 Å². The standard InChI is InChI=1S/C22H19ClN2O3/c1-14-13-17(23)11-12-18(14)24-21(26)15-7-9-16(10-8-15)22(27)25-19-5-3-4-6-20(19)28-2/h3-13H,1-2H3,(H,24,26)(H,25,27). The van der Waals surface area contributed by atoms with Gasteiger partial charge in [0.05, 0.1) is 12.8 Å². The topological polar surface area (TPSA) is 67.4 Å². The summed E-state index contributed by atoms with van der Waals surface area (Å²) in [5.41, 5.74) is 3.02. The van der Waals surface area contributed by atoms with Gasteiger partial charge in [-0.2, -0.15) is 0 Å². The zero-order chi connectivity index (χ0) is 20.1. The van der Waals surface area contributed by atoms with Gasteiger partial charge in [-0.3, -0.25) is 9.59 Å². The van der Waals surface area contributed by atoms with Crippen LogP contribution in [0.4, 0.5) is 11.4 Å². The lowest BCUT2D eigenvalue weighted by molar-refractivity contribution is 0.101. The number of ether oxygens (including phenoxy) is 1. The molecular weight excluding hydrogens is 376 g/mol. The predicted molar refractivity (Wildman–Crippen MR) is 112 cm³/mol. The molecule has 0 aliphatic rings. The highest BCUT2D eigenvalue weighted by molar-refractivity contribution is 6.30. The third-order valence-corrected chi connectivity index (χ3v) is 4.44. The fraction of sp³-hybridized carbons (Fsp3) is 0.0909. The van der Waals surface area contributed by atoms with Gasteiger partial charge in [0.25, 0.3) is 11.8 Å². The minimum Gasteiger partial charge on any atom is -0.495 e. The number of carbonyl (C=O) groups is 2. The molecule has 0 spiro atoms. The van der Waals surface area contributed by atoms with E-state index in [4.69, 9.17) is 16.3 Å². The van der Waals surface area contributed by atoms with E-state index >= 15 is 0 Å². The summed E-state index contributed by atoms with van der Waals surface area (Å²) < 4.78 is 5.23. The summed E-state index contributed by atoms with van der Waals surface area (Å²) in [6, 6.07) is 18.8. The van der Waals surface area contributed by atoms with Gasteiger partial charge >= 0.3 is 0 Å². The summed E-state index contributed by atoms with van der Waals surface area (Å²) in [5.74, 6) is 0.0253. The van der Waals surface area contributed by atoms with Crippen LogP contribution in [0.3, 0.4) is 0 Å². The first-order chi connectivity index (χ1) is 13.5. The number of hydrogen-bond acceptors (Lipinski definition) is 3. The lowest BCUT2D eigenvalue weighted by atomic mass is 10.1. The van der Waals surface area contributed by atoms with E-state index in [1.165, 1.54) is 0 Å². The van der Waals surface area contributed by atoms with Crippen molar-refractivity contribution in [2.24, 2.45) is 0 Å². The predicted octanol–water partition coefficient (Wildman–Crippen LogP) is 5.16. The second-order valence-electron chi connectivity index (χ2n) is 6.15. The van der Waals surface area contributed by atoms with Crippen molar-refractivity contribution in [1.29, 1.82) is 0 Å². The number of hydrogen-bond donors (Lipinski definition) is 2. The molecule has 2 N–H and O–H groups in total. The van der Waals surface area contributed by atoms with Crippen molar-refractivity contribution in [2.45, 2.75) is 6.92 Å². The Kier molecular flexibility index (Phi) is 5.96. The van der Waals surface area contributed by atoms with Crippen molar-refractivity contribution in [1.82, 2.24) is 0 Å². The smallest absolute Gasteiger partial charge is 0.255 e. The van der Waals surface area contributed by atoms with E-state index in [0.717, 1.165) is 5.56 Å². The molecule has 2 amide bonds. The average molecular weight is 395 g/mol. The first-order valence-electron chi connectivity index (χ1n) is 8.60. The van der Waals surface area contributed by atoms with Crippen LogP contribution in [-0.4, -0.2) is 18.9 Å². The van der Waals surface area contributed by atoms with E-state index in [9.17, 15) is 9.59 Å². The number of para-hydroxylation sites is 2. The molecule has 0 bridgehead atoms. The van der Waals surface area contributed by atoms with E-state index in [1.54, 1.807) is 61.7 Å². The molecule has 0 heterocycles. The zero-order valence-electron chi connectivity index (χ0n) is 15.5. The SMILES string of the molecule is COc1ccccc1NC(=O)c1ccc(C(=O)Nc2ccc(Cl)cc2C)cc1. The maximum atomic E-state index is 12.5. The molecule has 0 saturated carbocycles. The monoisotopic (exact) mass is 394 g/mol. The van der Waals surface area contributed by atoms with Crippen molar-refractivity contribution in [3.63, 3.8) is 0 Å². The molecule has 0 fully saturated rings. The average Bonchev–Trinajstić information content (AvgIpc) is 2.70. The van der Waals surface area contributed by atoms with Crippen LogP contribution in [0, 0.1) is 6.92 Å². The largest absolute Gasteiger partial charge is 0.495 e. The van der Waals surface area contributed by atoms with E-state index < -0.39 is 0 Å². The Balaban J connectivity index is 1.70. The Morgan fingerprint density at radius 1 is 0.821 bits per heavy atom. The maximum absolute atomic E-state index is 12.5. The van der Waals surface area contributed by atoms with Gasteiger partial charge in [0.15, 0.2) is 0 Å². The Hall–Kier alpha value is -3.31. The number of amides is 2. The van der Waals surface area contributed by atoms with Gasteiger partial charge in [0.2, 0.25) is 0 Å². The first kappa shape index (κ1) is 19.5. The van der Waals surface area contributed by atoms with E-state index in [0.29, 0.717) is 33.3 Å². The molecular formula is C22H19ClN2O3. The van der Waals surface area contributed by atoms with E-state index in [1.807, 2.05) is 19.1 Å².